The summed E-state index contributed by atoms with van der Waals surface area (Å²) in [5.74, 6) is 7.38. The van der Waals surface area contributed by atoms with Crippen LogP contribution in [-0.4, -0.2) is 31.2 Å². The van der Waals surface area contributed by atoms with Crippen molar-refractivity contribution in [1.29, 1.82) is 0 Å². The third-order valence-electron chi connectivity index (χ3n) is 2.75. The Labute approximate surface area is 103 Å². The van der Waals surface area contributed by atoms with Gasteiger partial charge < -0.3 is 9.47 Å². The molecule has 7 heteroatoms. The molecule has 2 aliphatic heterocycles. The molecule has 1 atom stereocenters. The highest BCUT2D eigenvalue weighted by atomic mass is 32.2. The van der Waals surface area contributed by atoms with E-state index in [-0.39, 0.29) is 5.50 Å². The highest BCUT2D eigenvalue weighted by molar-refractivity contribution is 8.00. The number of thioether (sulfide) groups is 1. The van der Waals surface area contributed by atoms with E-state index in [0.717, 1.165) is 22.1 Å². The number of hydrogen-bond acceptors (Lipinski definition) is 7. The van der Waals surface area contributed by atoms with E-state index in [9.17, 15) is 0 Å². The van der Waals surface area contributed by atoms with E-state index in [1.54, 1.807) is 32.3 Å². The van der Waals surface area contributed by atoms with Gasteiger partial charge in [-0.15, -0.1) is 5.10 Å². The lowest BCUT2D eigenvalue weighted by Gasteiger charge is -2.19. The first-order valence-corrected chi connectivity index (χ1v) is 5.92. The number of ether oxygens (including phenoxy) is 2. The molecule has 0 spiro atoms. The molecule has 90 valence electrons. The summed E-state index contributed by atoms with van der Waals surface area (Å²) in [5.41, 5.74) is 0.897. The average Bonchev–Trinajstić information content (AvgIpc) is 2.89. The molecule has 0 aliphatic carbocycles. The number of hydrogen-bond donors (Lipinski definition) is 1. The first-order chi connectivity index (χ1) is 8.26. The largest absolute Gasteiger partial charge is 0.495 e. The maximum atomic E-state index is 5.77. The van der Waals surface area contributed by atoms with Crippen LogP contribution in [0, 0.1) is 0 Å². The number of fused-ring (bicyclic) bond motifs is 3. The van der Waals surface area contributed by atoms with Gasteiger partial charge in [0.2, 0.25) is 0 Å². The van der Waals surface area contributed by atoms with Crippen LogP contribution in [0.25, 0.3) is 0 Å². The lowest BCUT2D eigenvalue weighted by Crippen LogP contribution is -2.37. The molecule has 0 radical (unpaired) electrons. The third-order valence-corrected chi connectivity index (χ3v) is 4.04. The quantitative estimate of drug-likeness (QED) is 0.793. The van der Waals surface area contributed by atoms with E-state index in [1.807, 2.05) is 17.0 Å². The van der Waals surface area contributed by atoms with E-state index in [1.165, 1.54) is 5.12 Å². The molecule has 0 amide bonds. The van der Waals surface area contributed by atoms with Gasteiger partial charge in [0.25, 0.3) is 0 Å². The molecule has 6 nitrogen and oxygen atoms in total. The summed E-state index contributed by atoms with van der Waals surface area (Å²) in [6.45, 7) is 0. The van der Waals surface area contributed by atoms with Gasteiger partial charge in [-0.1, -0.05) is 11.8 Å². The van der Waals surface area contributed by atoms with Crippen LogP contribution < -0.4 is 20.2 Å². The Bertz CT molecular complexity index is 493. The van der Waals surface area contributed by atoms with E-state index in [4.69, 9.17) is 15.3 Å². The fourth-order valence-electron chi connectivity index (χ4n) is 1.96. The number of anilines is 1. The molecule has 1 aromatic carbocycles. The molecule has 17 heavy (non-hydrogen) atoms. The van der Waals surface area contributed by atoms with Crippen LogP contribution in [-0.2, 0) is 0 Å². The Balaban J connectivity index is 2.15. The van der Waals surface area contributed by atoms with E-state index in [2.05, 4.69) is 5.10 Å². The smallest absolute Gasteiger partial charge is 0.192 e. The van der Waals surface area contributed by atoms with Crippen LogP contribution in [0.4, 0.5) is 5.69 Å². The summed E-state index contributed by atoms with van der Waals surface area (Å²) < 4.78 is 10.7. The van der Waals surface area contributed by atoms with Crippen molar-refractivity contribution in [2.75, 3.05) is 19.1 Å². The number of hydrazone groups is 1. The fourth-order valence-corrected chi connectivity index (χ4v) is 3.19. The molecular weight excluding hydrogens is 240 g/mol. The predicted molar refractivity (Wildman–Crippen MR) is 66.2 cm³/mol. The summed E-state index contributed by atoms with van der Waals surface area (Å²) in [4.78, 5) is 3.00. The number of rotatable bonds is 2. The molecular formula is C10H12N4O2S. The number of benzene rings is 1. The number of methoxy groups -OCH3 is 2. The summed E-state index contributed by atoms with van der Waals surface area (Å²) in [6, 6.07) is 3.78. The second-order valence-corrected chi connectivity index (χ2v) is 4.68. The zero-order chi connectivity index (χ0) is 12.0. The van der Waals surface area contributed by atoms with Gasteiger partial charge in [0.05, 0.1) is 19.1 Å². The van der Waals surface area contributed by atoms with Gasteiger partial charge in [-0.2, -0.15) is 5.12 Å². The van der Waals surface area contributed by atoms with Crippen LogP contribution in [0.3, 0.4) is 0 Å². The second kappa shape index (κ2) is 3.71. The molecule has 2 N–H and O–H groups in total. The molecule has 1 aromatic rings. The van der Waals surface area contributed by atoms with Gasteiger partial charge >= 0.3 is 0 Å². The van der Waals surface area contributed by atoms with Crippen molar-refractivity contribution in [2.45, 2.75) is 10.4 Å². The minimum atomic E-state index is -0.0600. The molecule has 1 unspecified atom stereocenters. The van der Waals surface area contributed by atoms with Crippen molar-refractivity contribution >= 4 is 23.8 Å². The topological polar surface area (TPSA) is 63.3 Å². The van der Waals surface area contributed by atoms with Crippen LogP contribution in [0.1, 0.15) is 0 Å². The van der Waals surface area contributed by atoms with Crippen LogP contribution >= 0.6 is 11.8 Å². The maximum Gasteiger partial charge on any atom is 0.192 e. The molecule has 0 fully saturated rings. The maximum absolute atomic E-state index is 5.77. The Morgan fingerprint density at radius 1 is 1.29 bits per heavy atom. The van der Waals surface area contributed by atoms with Gasteiger partial charge in [0.1, 0.15) is 23.5 Å². The van der Waals surface area contributed by atoms with Crippen molar-refractivity contribution in [3.05, 3.63) is 12.1 Å². The zero-order valence-electron chi connectivity index (χ0n) is 9.45. The highest BCUT2D eigenvalue weighted by Crippen LogP contribution is 2.53. The van der Waals surface area contributed by atoms with Crippen molar-refractivity contribution in [1.82, 2.24) is 5.12 Å². The van der Waals surface area contributed by atoms with Crippen LogP contribution in [0.5, 0.6) is 11.5 Å². The first-order valence-electron chi connectivity index (χ1n) is 5.04. The lowest BCUT2D eigenvalue weighted by molar-refractivity contribution is 0.309. The Hall–Kier alpha value is -1.60. The van der Waals surface area contributed by atoms with Crippen molar-refractivity contribution in [3.8, 4) is 11.5 Å². The minimum Gasteiger partial charge on any atom is -0.495 e. The zero-order valence-corrected chi connectivity index (χ0v) is 10.3. The Morgan fingerprint density at radius 2 is 2.00 bits per heavy atom. The SMILES string of the molecule is COc1ccc(OC)c2c1SC1N(N)N=CN21. The first kappa shape index (κ1) is 10.5. The Kier molecular flexibility index (Phi) is 2.30. The number of nitrogens with two attached hydrogens (primary N) is 1. The number of nitrogens with zero attached hydrogens (tertiary/aromatic N) is 3. The van der Waals surface area contributed by atoms with Gasteiger partial charge in [-0.05, 0) is 12.1 Å². The van der Waals surface area contributed by atoms with Gasteiger partial charge in [0.15, 0.2) is 5.50 Å². The van der Waals surface area contributed by atoms with Crippen molar-refractivity contribution in [3.63, 3.8) is 0 Å². The van der Waals surface area contributed by atoms with Crippen molar-refractivity contribution < 1.29 is 9.47 Å². The fraction of sp³-hybridized carbons (Fsp3) is 0.300. The van der Waals surface area contributed by atoms with E-state index < -0.39 is 0 Å². The summed E-state index contributed by atoms with van der Waals surface area (Å²) >= 11 is 1.59. The molecule has 0 saturated carbocycles. The molecule has 3 rings (SSSR count). The molecule has 2 aliphatic rings. The van der Waals surface area contributed by atoms with Gasteiger partial charge in [-0.25, -0.2) is 5.84 Å². The van der Waals surface area contributed by atoms with E-state index >= 15 is 0 Å². The minimum absolute atomic E-state index is 0.0600. The van der Waals surface area contributed by atoms with Crippen LogP contribution in [0.15, 0.2) is 22.1 Å². The summed E-state index contributed by atoms with van der Waals surface area (Å²) in [7, 11) is 3.30. The number of hydrazine groups is 1. The molecule has 2 heterocycles. The average molecular weight is 252 g/mol. The normalized spacial score (nSPS) is 20.5. The van der Waals surface area contributed by atoms with Crippen molar-refractivity contribution in [2.24, 2.45) is 10.9 Å². The molecule has 0 bridgehead atoms. The third kappa shape index (κ3) is 1.36. The highest BCUT2D eigenvalue weighted by Gasteiger charge is 2.40. The second-order valence-electron chi connectivity index (χ2n) is 3.61. The van der Waals surface area contributed by atoms with Gasteiger partial charge in [-0.3, -0.25) is 4.90 Å². The monoisotopic (exact) mass is 252 g/mol. The molecule has 0 saturated heterocycles. The summed E-state index contributed by atoms with van der Waals surface area (Å²) in [6.07, 6.45) is 1.70. The predicted octanol–water partition coefficient (Wildman–Crippen LogP) is 1.03. The van der Waals surface area contributed by atoms with Gasteiger partial charge in [0, 0.05) is 0 Å². The molecule has 0 aromatic heterocycles. The standard InChI is InChI=1S/C10H12N4O2S/c1-15-6-3-4-7(16-2)9-8(6)13-5-12-14(11)10(13)17-9/h3-5,10H,11H2,1-2H3. The Morgan fingerprint density at radius 3 is 2.71 bits per heavy atom. The lowest BCUT2D eigenvalue weighted by atomic mass is 10.2. The van der Waals surface area contributed by atoms with Crippen LogP contribution in [0.2, 0.25) is 0 Å². The van der Waals surface area contributed by atoms with E-state index in [0.29, 0.717) is 0 Å². The summed E-state index contributed by atoms with van der Waals surface area (Å²) in [5, 5.41) is 5.47.